The first kappa shape index (κ1) is 16.4. The summed E-state index contributed by atoms with van der Waals surface area (Å²) in [5.74, 6) is 0. The van der Waals surface area contributed by atoms with Gasteiger partial charge in [-0.15, -0.1) is 0 Å². The lowest BCUT2D eigenvalue weighted by atomic mass is 9.80. The molecule has 1 aliphatic heterocycles. The van der Waals surface area contributed by atoms with E-state index in [9.17, 15) is 4.79 Å². The third-order valence-electron chi connectivity index (χ3n) is 6.24. The fourth-order valence-corrected chi connectivity index (χ4v) is 4.96. The number of carbonyl (C=O) groups excluding carboxylic acids is 1. The van der Waals surface area contributed by atoms with Crippen LogP contribution in [-0.2, 0) is 6.42 Å². The van der Waals surface area contributed by atoms with Crippen LogP contribution in [0.25, 0.3) is 27.2 Å². The predicted octanol–water partition coefficient (Wildman–Crippen LogP) is 5.70. The van der Waals surface area contributed by atoms with Crippen molar-refractivity contribution in [2.24, 2.45) is 0 Å². The minimum atomic E-state index is -0.137. The summed E-state index contributed by atoms with van der Waals surface area (Å²) in [6, 6.07) is 27.3. The van der Waals surface area contributed by atoms with Crippen LogP contribution in [0.1, 0.15) is 29.2 Å². The van der Waals surface area contributed by atoms with Gasteiger partial charge < -0.3 is 10.6 Å². The number of benzene rings is 4. The lowest BCUT2D eigenvalue weighted by Gasteiger charge is -2.35. The fourth-order valence-electron chi connectivity index (χ4n) is 4.96. The number of carbonyl (C=O) groups is 1. The molecule has 3 heteroatoms. The third-order valence-corrected chi connectivity index (χ3v) is 6.24. The van der Waals surface area contributed by atoms with Crippen LogP contribution in [-0.4, -0.2) is 6.03 Å². The Balaban J connectivity index is 1.68. The molecular formula is C26H20N2O. The zero-order chi connectivity index (χ0) is 19.4. The predicted molar refractivity (Wildman–Crippen MR) is 118 cm³/mol. The summed E-state index contributed by atoms with van der Waals surface area (Å²) in [4.78, 5) is 12.7. The average molecular weight is 376 g/mol. The summed E-state index contributed by atoms with van der Waals surface area (Å²) in [5.41, 5.74) is 5.90. The van der Waals surface area contributed by atoms with Crippen molar-refractivity contribution in [1.82, 2.24) is 10.6 Å². The molecule has 1 heterocycles. The first-order valence-corrected chi connectivity index (χ1v) is 10.1. The molecule has 2 N–H and O–H groups in total. The highest BCUT2D eigenvalue weighted by Crippen LogP contribution is 2.43. The second-order valence-corrected chi connectivity index (χ2v) is 7.82. The average Bonchev–Trinajstić information content (AvgIpc) is 2.77. The van der Waals surface area contributed by atoms with Crippen LogP contribution in [0.3, 0.4) is 0 Å². The van der Waals surface area contributed by atoms with E-state index in [1.165, 1.54) is 38.2 Å². The van der Waals surface area contributed by atoms with E-state index in [1.54, 1.807) is 0 Å². The molecule has 4 aromatic rings. The fraction of sp³-hybridized carbons (Fsp3) is 0.115. The smallest absolute Gasteiger partial charge is 0.320 e. The van der Waals surface area contributed by atoms with Gasteiger partial charge in [0.1, 0.15) is 0 Å². The van der Waals surface area contributed by atoms with Gasteiger partial charge in [-0.2, -0.15) is 0 Å². The van der Waals surface area contributed by atoms with E-state index in [-0.39, 0.29) is 12.1 Å². The Morgan fingerprint density at radius 3 is 2.17 bits per heavy atom. The Morgan fingerprint density at radius 1 is 0.759 bits per heavy atom. The van der Waals surface area contributed by atoms with Crippen LogP contribution < -0.4 is 10.6 Å². The zero-order valence-electron chi connectivity index (χ0n) is 15.9. The number of nitrogens with one attached hydrogen (secondary N) is 2. The lowest BCUT2D eigenvalue weighted by Crippen LogP contribution is -2.44. The largest absolute Gasteiger partial charge is 0.327 e. The van der Waals surface area contributed by atoms with Gasteiger partial charge in [-0.3, -0.25) is 0 Å². The minimum absolute atomic E-state index is 0.136. The molecule has 0 fully saturated rings. The van der Waals surface area contributed by atoms with E-state index in [0.717, 1.165) is 24.1 Å². The molecule has 0 spiro atoms. The lowest BCUT2D eigenvalue weighted by molar-refractivity contribution is 0.240. The van der Waals surface area contributed by atoms with Crippen molar-refractivity contribution < 1.29 is 4.79 Å². The Hall–Kier alpha value is -3.59. The van der Waals surface area contributed by atoms with E-state index in [4.69, 9.17) is 0 Å². The van der Waals surface area contributed by atoms with Crippen LogP contribution in [0.15, 0.2) is 84.4 Å². The number of aryl methyl sites for hydroxylation is 1. The molecule has 2 aliphatic rings. The normalized spacial score (nSPS) is 18.2. The van der Waals surface area contributed by atoms with Crippen molar-refractivity contribution >= 4 is 33.3 Å². The molecule has 4 aromatic carbocycles. The van der Waals surface area contributed by atoms with Gasteiger partial charge in [0.05, 0.1) is 11.7 Å². The number of fused-ring (bicyclic) bond motifs is 4. The highest BCUT2D eigenvalue weighted by molar-refractivity contribution is 6.04. The molecule has 1 aliphatic carbocycles. The molecule has 29 heavy (non-hydrogen) atoms. The van der Waals surface area contributed by atoms with Gasteiger partial charge in [0, 0.05) is 5.56 Å². The van der Waals surface area contributed by atoms with Crippen LogP contribution in [0.4, 0.5) is 4.79 Å². The van der Waals surface area contributed by atoms with Crippen LogP contribution in [0, 0.1) is 0 Å². The molecule has 1 unspecified atom stereocenters. The summed E-state index contributed by atoms with van der Waals surface area (Å²) in [7, 11) is 0. The SMILES string of the molecule is O=C1NC2=C(CCc3ccccc32)C(c2c3ccccc3cc3ccccc23)N1. The first-order chi connectivity index (χ1) is 14.3. The molecule has 0 saturated carbocycles. The summed E-state index contributed by atoms with van der Waals surface area (Å²) < 4.78 is 0. The van der Waals surface area contributed by atoms with Gasteiger partial charge >= 0.3 is 6.03 Å². The van der Waals surface area contributed by atoms with Gasteiger partial charge in [0.25, 0.3) is 0 Å². The highest BCUT2D eigenvalue weighted by atomic mass is 16.2. The second kappa shape index (κ2) is 6.21. The van der Waals surface area contributed by atoms with Gasteiger partial charge in [0.15, 0.2) is 0 Å². The first-order valence-electron chi connectivity index (χ1n) is 10.1. The van der Waals surface area contributed by atoms with E-state index in [1.807, 2.05) is 6.07 Å². The summed E-state index contributed by atoms with van der Waals surface area (Å²) in [6.45, 7) is 0. The second-order valence-electron chi connectivity index (χ2n) is 7.82. The van der Waals surface area contributed by atoms with Crippen molar-refractivity contribution in [3.8, 4) is 0 Å². The summed E-state index contributed by atoms with van der Waals surface area (Å²) in [5, 5.41) is 11.1. The molecule has 3 nitrogen and oxygen atoms in total. The Morgan fingerprint density at radius 2 is 1.41 bits per heavy atom. The number of amides is 2. The van der Waals surface area contributed by atoms with Gasteiger partial charge in [-0.05, 0) is 57.2 Å². The Bertz CT molecular complexity index is 1280. The van der Waals surface area contributed by atoms with Crippen LogP contribution in [0.2, 0.25) is 0 Å². The van der Waals surface area contributed by atoms with Crippen molar-refractivity contribution in [2.75, 3.05) is 0 Å². The third kappa shape index (κ3) is 2.47. The van der Waals surface area contributed by atoms with Crippen LogP contribution in [0.5, 0.6) is 0 Å². The Labute approximate surface area is 169 Å². The maximum Gasteiger partial charge on any atom is 0.320 e. The molecule has 6 rings (SSSR count). The van der Waals surface area contributed by atoms with Crippen LogP contribution >= 0.6 is 0 Å². The minimum Gasteiger partial charge on any atom is -0.327 e. The van der Waals surface area contributed by atoms with Gasteiger partial charge in [-0.1, -0.05) is 72.8 Å². The number of rotatable bonds is 1. The topological polar surface area (TPSA) is 41.1 Å². The summed E-state index contributed by atoms with van der Waals surface area (Å²) >= 11 is 0. The molecule has 0 radical (unpaired) electrons. The van der Waals surface area contributed by atoms with Gasteiger partial charge in [-0.25, -0.2) is 4.79 Å². The highest BCUT2D eigenvalue weighted by Gasteiger charge is 2.33. The number of hydrogen-bond donors (Lipinski definition) is 2. The van der Waals surface area contributed by atoms with Crippen molar-refractivity contribution in [3.63, 3.8) is 0 Å². The molecule has 0 saturated heterocycles. The number of urea groups is 1. The summed E-state index contributed by atoms with van der Waals surface area (Å²) in [6.07, 6.45) is 1.92. The van der Waals surface area contributed by atoms with E-state index < -0.39 is 0 Å². The van der Waals surface area contributed by atoms with Crippen molar-refractivity contribution in [2.45, 2.75) is 18.9 Å². The Kier molecular flexibility index (Phi) is 3.51. The quantitative estimate of drug-likeness (QED) is 0.411. The molecule has 140 valence electrons. The zero-order valence-corrected chi connectivity index (χ0v) is 15.9. The maximum atomic E-state index is 12.7. The van der Waals surface area contributed by atoms with E-state index in [0.29, 0.717) is 0 Å². The molecule has 0 aromatic heterocycles. The molecule has 2 amide bonds. The molecule has 0 bridgehead atoms. The molecular weight excluding hydrogens is 356 g/mol. The van der Waals surface area contributed by atoms with E-state index >= 15 is 0 Å². The monoisotopic (exact) mass is 376 g/mol. The molecule has 1 atom stereocenters. The van der Waals surface area contributed by atoms with Gasteiger partial charge in [0.2, 0.25) is 0 Å². The van der Waals surface area contributed by atoms with E-state index in [2.05, 4.69) is 83.4 Å². The standard InChI is InChI=1S/C26H20N2O/c29-26-27-24-21-12-6-1-7-16(21)13-14-22(24)25(28-26)23-19-10-4-2-8-17(19)15-18-9-3-5-11-20(18)23/h1-12,15,25H,13-14H2,(H2,27,28,29). The maximum absolute atomic E-state index is 12.7. The van der Waals surface area contributed by atoms with Crippen molar-refractivity contribution in [1.29, 1.82) is 0 Å². The van der Waals surface area contributed by atoms with Crippen molar-refractivity contribution in [3.05, 3.63) is 101 Å². The number of hydrogen-bond acceptors (Lipinski definition) is 1.